The maximum atomic E-state index is 13.5. The SMILES string of the molecule is C=C/C=C(/F)C(=C)C1=CC=C(C(C)C)CC1. The Morgan fingerprint density at radius 2 is 2.06 bits per heavy atom. The molecule has 0 heterocycles. The first-order chi connectivity index (χ1) is 7.56. The van der Waals surface area contributed by atoms with Gasteiger partial charge in [0.15, 0.2) is 0 Å². The molecule has 0 aliphatic heterocycles. The van der Waals surface area contributed by atoms with Crippen LogP contribution in [0.3, 0.4) is 0 Å². The van der Waals surface area contributed by atoms with Gasteiger partial charge in [-0.3, -0.25) is 0 Å². The summed E-state index contributed by atoms with van der Waals surface area (Å²) in [4.78, 5) is 0. The maximum absolute atomic E-state index is 13.5. The minimum absolute atomic E-state index is 0.289. The predicted octanol–water partition coefficient (Wildman–Crippen LogP) is 4.88. The highest BCUT2D eigenvalue weighted by Gasteiger charge is 2.13. The summed E-state index contributed by atoms with van der Waals surface area (Å²) in [6.07, 6.45) is 8.75. The zero-order valence-electron chi connectivity index (χ0n) is 10.1. The summed E-state index contributed by atoms with van der Waals surface area (Å²) in [6.45, 7) is 11.6. The average Bonchev–Trinajstić information content (AvgIpc) is 2.28. The Bertz CT molecular complexity index is 378. The van der Waals surface area contributed by atoms with E-state index in [0.717, 1.165) is 18.4 Å². The predicted molar refractivity (Wildman–Crippen MR) is 68.8 cm³/mol. The van der Waals surface area contributed by atoms with E-state index in [1.54, 1.807) is 0 Å². The molecule has 0 amide bonds. The minimum atomic E-state index is -0.289. The van der Waals surface area contributed by atoms with E-state index in [2.05, 4.69) is 33.1 Å². The Hall–Kier alpha value is -1.37. The summed E-state index contributed by atoms with van der Waals surface area (Å²) < 4.78 is 13.5. The van der Waals surface area contributed by atoms with Crippen LogP contribution in [0, 0.1) is 5.92 Å². The molecule has 0 fully saturated rings. The molecule has 1 aliphatic carbocycles. The summed E-state index contributed by atoms with van der Waals surface area (Å²) >= 11 is 0. The third-order valence-corrected chi connectivity index (χ3v) is 2.86. The molecule has 0 atom stereocenters. The molecule has 0 aromatic rings. The van der Waals surface area contributed by atoms with Crippen LogP contribution in [0.1, 0.15) is 26.7 Å². The van der Waals surface area contributed by atoms with Crippen molar-refractivity contribution < 1.29 is 4.39 Å². The van der Waals surface area contributed by atoms with Crippen LogP contribution in [0.15, 0.2) is 60.0 Å². The monoisotopic (exact) mass is 218 g/mol. The third kappa shape index (κ3) is 3.06. The fourth-order valence-electron chi connectivity index (χ4n) is 1.74. The topological polar surface area (TPSA) is 0 Å². The van der Waals surface area contributed by atoms with Gasteiger partial charge in [-0.25, -0.2) is 4.39 Å². The van der Waals surface area contributed by atoms with E-state index in [-0.39, 0.29) is 5.83 Å². The number of hydrogen-bond donors (Lipinski definition) is 0. The molecule has 0 nitrogen and oxygen atoms in total. The molecule has 1 aliphatic rings. The van der Waals surface area contributed by atoms with Crippen molar-refractivity contribution in [1.82, 2.24) is 0 Å². The van der Waals surface area contributed by atoms with Gasteiger partial charge in [-0.1, -0.05) is 50.8 Å². The largest absolute Gasteiger partial charge is 0.206 e. The molecular formula is C15H19F. The molecular weight excluding hydrogens is 199 g/mol. The Labute approximate surface area is 97.6 Å². The van der Waals surface area contributed by atoms with Crippen molar-refractivity contribution in [2.75, 3.05) is 0 Å². The first-order valence-corrected chi connectivity index (χ1v) is 5.63. The molecule has 0 spiro atoms. The second-order valence-corrected chi connectivity index (χ2v) is 4.32. The van der Waals surface area contributed by atoms with E-state index < -0.39 is 0 Å². The molecule has 1 rings (SSSR count). The summed E-state index contributed by atoms with van der Waals surface area (Å²) in [5.41, 5.74) is 2.89. The standard InChI is InChI=1S/C15H19F/c1-5-6-15(16)12(4)14-9-7-13(8-10-14)11(2)3/h5-7,9,11H,1,4,8,10H2,2-3H3/b15-6+. The van der Waals surface area contributed by atoms with Gasteiger partial charge in [0.25, 0.3) is 0 Å². The molecule has 1 heteroatoms. The van der Waals surface area contributed by atoms with Crippen molar-refractivity contribution in [2.45, 2.75) is 26.7 Å². The van der Waals surface area contributed by atoms with E-state index in [9.17, 15) is 4.39 Å². The lowest BCUT2D eigenvalue weighted by atomic mass is 9.88. The van der Waals surface area contributed by atoms with Gasteiger partial charge in [-0.15, -0.1) is 0 Å². The van der Waals surface area contributed by atoms with E-state index in [1.807, 2.05) is 6.08 Å². The number of hydrogen-bond acceptors (Lipinski definition) is 0. The van der Waals surface area contributed by atoms with Crippen LogP contribution in [0.4, 0.5) is 4.39 Å². The van der Waals surface area contributed by atoms with Gasteiger partial charge >= 0.3 is 0 Å². The molecule has 0 aromatic heterocycles. The van der Waals surface area contributed by atoms with Gasteiger partial charge in [0.2, 0.25) is 0 Å². The van der Waals surface area contributed by atoms with Crippen molar-refractivity contribution in [3.05, 3.63) is 60.0 Å². The lowest BCUT2D eigenvalue weighted by Crippen LogP contribution is -2.01. The quantitative estimate of drug-likeness (QED) is 0.590. The van der Waals surface area contributed by atoms with Crippen LogP contribution in [-0.4, -0.2) is 0 Å². The zero-order chi connectivity index (χ0) is 12.1. The van der Waals surface area contributed by atoms with Gasteiger partial charge in [0.05, 0.1) is 0 Å². The number of allylic oxidation sites excluding steroid dienone is 8. The highest BCUT2D eigenvalue weighted by atomic mass is 19.1. The van der Waals surface area contributed by atoms with E-state index >= 15 is 0 Å². The van der Waals surface area contributed by atoms with Crippen molar-refractivity contribution in [3.63, 3.8) is 0 Å². The summed E-state index contributed by atoms with van der Waals surface area (Å²) in [5.74, 6) is 0.280. The Morgan fingerprint density at radius 3 is 2.50 bits per heavy atom. The molecule has 0 bridgehead atoms. The van der Waals surface area contributed by atoms with Crippen LogP contribution in [0.2, 0.25) is 0 Å². The molecule has 0 saturated carbocycles. The Morgan fingerprint density at radius 1 is 1.38 bits per heavy atom. The summed E-state index contributed by atoms with van der Waals surface area (Å²) in [5, 5.41) is 0. The van der Waals surface area contributed by atoms with Crippen molar-refractivity contribution >= 4 is 0 Å². The van der Waals surface area contributed by atoms with Crippen molar-refractivity contribution in [2.24, 2.45) is 5.92 Å². The molecule has 0 radical (unpaired) electrons. The number of halogens is 1. The van der Waals surface area contributed by atoms with Crippen molar-refractivity contribution in [1.29, 1.82) is 0 Å². The third-order valence-electron chi connectivity index (χ3n) is 2.86. The van der Waals surface area contributed by atoms with Crippen LogP contribution < -0.4 is 0 Å². The first kappa shape index (κ1) is 12.7. The average molecular weight is 218 g/mol. The molecule has 86 valence electrons. The minimum Gasteiger partial charge on any atom is -0.206 e. The van der Waals surface area contributed by atoms with Gasteiger partial charge in [0.1, 0.15) is 5.83 Å². The fraction of sp³-hybridized carbons (Fsp3) is 0.333. The second kappa shape index (κ2) is 5.64. The summed E-state index contributed by atoms with van der Waals surface area (Å²) in [6, 6.07) is 0. The van der Waals surface area contributed by atoms with Crippen LogP contribution in [0.25, 0.3) is 0 Å². The normalized spacial score (nSPS) is 16.9. The van der Waals surface area contributed by atoms with Crippen molar-refractivity contribution in [3.8, 4) is 0 Å². The van der Waals surface area contributed by atoms with Gasteiger partial charge < -0.3 is 0 Å². The van der Waals surface area contributed by atoms with Gasteiger partial charge in [-0.05, 0) is 30.4 Å². The van der Waals surface area contributed by atoms with E-state index in [0.29, 0.717) is 11.5 Å². The van der Waals surface area contributed by atoms with Crippen LogP contribution in [0.5, 0.6) is 0 Å². The zero-order valence-corrected chi connectivity index (χ0v) is 10.1. The van der Waals surface area contributed by atoms with Gasteiger partial charge in [-0.2, -0.15) is 0 Å². The molecule has 16 heavy (non-hydrogen) atoms. The molecule has 0 aromatic carbocycles. The number of rotatable bonds is 4. The van der Waals surface area contributed by atoms with Gasteiger partial charge in [0, 0.05) is 5.57 Å². The lowest BCUT2D eigenvalue weighted by Gasteiger charge is -2.18. The first-order valence-electron chi connectivity index (χ1n) is 5.63. The smallest absolute Gasteiger partial charge is 0.130 e. The highest BCUT2D eigenvalue weighted by molar-refractivity contribution is 5.46. The van der Waals surface area contributed by atoms with Crippen LogP contribution in [-0.2, 0) is 0 Å². The van der Waals surface area contributed by atoms with E-state index in [1.165, 1.54) is 17.7 Å². The maximum Gasteiger partial charge on any atom is 0.130 e. The molecule has 0 saturated heterocycles. The summed E-state index contributed by atoms with van der Waals surface area (Å²) in [7, 11) is 0. The van der Waals surface area contributed by atoms with E-state index in [4.69, 9.17) is 0 Å². The Kier molecular flexibility index (Phi) is 4.48. The fourth-order valence-corrected chi connectivity index (χ4v) is 1.74. The van der Waals surface area contributed by atoms with Crippen LogP contribution >= 0.6 is 0 Å². The lowest BCUT2D eigenvalue weighted by molar-refractivity contribution is 0.647. The molecule has 0 unspecified atom stereocenters. The highest BCUT2D eigenvalue weighted by Crippen LogP contribution is 2.30. The second-order valence-electron chi connectivity index (χ2n) is 4.32. The molecule has 0 N–H and O–H groups in total. The Balaban J connectivity index is 2.82.